The molecule has 204 valence electrons. The number of ether oxygens (including phenoxy) is 1. The molecular formula is C29H38N4O5. The third-order valence-electron chi connectivity index (χ3n) is 6.72. The van der Waals surface area contributed by atoms with Gasteiger partial charge in [0.1, 0.15) is 11.9 Å². The molecule has 38 heavy (non-hydrogen) atoms. The summed E-state index contributed by atoms with van der Waals surface area (Å²) in [4.78, 5) is 42.7. The number of hydrogen-bond donors (Lipinski definition) is 3. The van der Waals surface area contributed by atoms with E-state index in [0.717, 1.165) is 29.5 Å². The molecule has 9 heteroatoms. The lowest BCUT2D eigenvalue weighted by Gasteiger charge is -2.37. The molecule has 1 saturated heterocycles. The second-order valence-corrected chi connectivity index (χ2v) is 9.70. The molecule has 2 amide bonds. The number of nitrogens with zero attached hydrogens (tertiary/aromatic N) is 2. The molecule has 0 radical (unpaired) electrons. The predicted octanol–water partition coefficient (Wildman–Crippen LogP) is 4.06. The van der Waals surface area contributed by atoms with Crippen LogP contribution in [0.1, 0.15) is 68.2 Å². The van der Waals surface area contributed by atoms with Crippen LogP contribution in [0, 0.1) is 0 Å². The topological polar surface area (TPSA) is 134 Å². The number of aryl methyl sites for hydroxylation is 1. The first-order valence-electron chi connectivity index (χ1n) is 13.2. The number of carboxylic acid groups (broad SMARTS) is 1. The van der Waals surface area contributed by atoms with Gasteiger partial charge in [-0.25, -0.2) is 4.79 Å². The van der Waals surface area contributed by atoms with E-state index in [2.05, 4.69) is 17.2 Å². The Labute approximate surface area is 224 Å². The summed E-state index contributed by atoms with van der Waals surface area (Å²) in [7, 11) is 1.67. The Hall–Kier alpha value is -3.88. The normalized spacial score (nSPS) is 18.5. The fourth-order valence-corrected chi connectivity index (χ4v) is 4.53. The van der Waals surface area contributed by atoms with Crippen LogP contribution >= 0.6 is 0 Å². The summed E-state index contributed by atoms with van der Waals surface area (Å²) in [5.74, 6) is -0.829. The second-order valence-electron chi connectivity index (χ2n) is 9.70. The molecule has 0 unspecified atom stereocenters. The van der Waals surface area contributed by atoms with Crippen LogP contribution in [-0.4, -0.2) is 59.6 Å². The van der Waals surface area contributed by atoms with E-state index in [0.29, 0.717) is 31.6 Å². The van der Waals surface area contributed by atoms with Crippen molar-refractivity contribution in [2.45, 2.75) is 70.1 Å². The van der Waals surface area contributed by atoms with Crippen molar-refractivity contribution in [2.24, 2.45) is 10.7 Å². The van der Waals surface area contributed by atoms with Gasteiger partial charge < -0.3 is 25.8 Å². The van der Waals surface area contributed by atoms with Crippen molar-refractivity contribution in [3.63, 3.8) is 0 Å². The number of carboxylic acids is 1. The zero-order chi connectivity index (χ0) is 27.5. The smallest absolute Gasteiger partial charge is 0.410 e. The Morgan fingerprint density at radius 3 is 2.55 bits per heavy atom. The molecule has 2 aromatic carbocycles. The Morgan fingerprint density at radius 1 is 1.18 bits per heavy atom. The third kappa shape index (κ3) is 8.61. The maximum atomic E-state index is 12.8. The fourth-order valence-electron chi connectivity index (χ4n) is 4.53. The van der Waals surface area contributed by atoms with E-state index in [1.807, 2.05) is 54.6 Å². The van der Waals surface area contributed by atoms with Gasteiger partial charge >= 0.3 is 12.1 Å². The summed E-state index contributed by atoms with van der Waals surface area (Å²) in [6.45, 7) is 2.79. The fraction of sp³-hybridized carbons (Fsp3) is 0.448. The van der Waals surface area contributed by atoms with Gasteiger partial charge in [-0.2, -0.15) is 0 Å². The first-order chi connectivity index (χ1) is 18.3. The average Bonchev–Trinajstić information content (AvgIpc) is 2.89. The number of unbranched alkanes of at least 4 members (excludes halogenated alkanes) is 1. The van der Waals surface area contributed by atoms with Gasteiger partial charge in [0.25, 0.3) is 0 Å². The van der Waals surface area contributed by atoms with E-state index in [1.165, 1.54) is 4.90 Å². The van der Waals surface area contributed by atoms with Crippen molar-refractivity contribution < 1.29 is 24.2 Å². The molecule has 9 nitrogen and oxygen atoms in total. The molecule has 2 aromatic rings. The standard InChI is InChI=1S/C29H38N4O5/c1-3-4-16-31-28(30)22-13-11-21(12-14-22)25-18-24(38-29(37)33(25)2)19-26(34)32-23(17-27(35)36)15-10-20-8-6-5-7-9-20/h5-9,11-14,23-25H,3-4,10,15-19H2,1-2H3,(H2,30,31)(H,32,34)(H,35,36)/t23-,24-,25+/m1/s1. The van der Waals surface area contributed by atoms with Gasteiger partial charge in [-0.15, -0.1) is 0 Å². The van der Waals surface area contributed by atoms with Crippen LogP contribution < -0.4 is 11.1 Å². The molecule has 0 aliphatic carbocycles. The minimum atomic E-state index is -0.978. The molecule has 0 spiro atoms. The molecule has 3 rings (SSSR count). The summed E-state index contributed by atoms with van der Waals surface area (Å²) in [6, 6.07) is 16.5. The first-order valence-corrected chi connectivity index (χ1v) is 13.2. The van der Waals surface area contributed by atoms with Gasteiger partial charge in [0.05, 0.1) is 18.9 Å². The molecule has 0 saturated carbocycles. The Morgan fingerprint density at radius 2 is 1.89 bits per heavy atom. The van der Waals surface area contributed by atoms with Crippen molar-refractivity contribution in [3.05, 3.63) is 71.3 Å². The van der Waals surface area contributed by atoms with Gasteiger partial charge in [-0.05, 0) is 30.4 Å². The number of carbonyl (C=O) groups excluding carboxylic acids is 2. The summed E-state index contributed by atoms with van der Waals surface area (Å²) in [5.41, 5.74) is 8.90. The van der Waals surface area contributed by atoms with Crippen molar-refractivity contribution >= 4 is 23.8 Å². The minimum absolute atomic E-state index is 0.0351. The van der Waals surface area contributed by atoms with Crippen LogP contribution in [-0.2, 0) is 20.7 Å². The lowest BCUT2D eigenvalue weighted by molar-refractivity contribution is -0.137. The van der Waals surface area contributed by atoms with E-state index in [1.54, 1.807) is 7.05 Å². The molecule has 1 aliphatic rings. The Kier molecular flexibility index (Phi) is 10.7. The minimum Gasteiger partial charge on any atom is -0.481 e. The zero-order valence-electron chi connectivity index (χ0n) is 22.1. The lowest BCUT2D eigenvalue weighted by Crippen LogP contribution is -2.45. The number of amides is 2. The average molecular weight is 523 g/mol. The molecule has 0 bridgehead atoms. The van der Waals surface area contributed by atoms with Gasteiger partial charge in [0, 0.05) is 31.6 Å². The van der Waals surface area contributed by atoms with Crippen LogP contribution in [0.4, 0.5) is 4.79 Å². The summed E-state index contributed by atoms with van der Waals surface area (Å²) in [5, 5.41) is 12.1. The van der Waals surface area contributed by atoms with E-state index in [-0.39, 0.29) is 24.8 Å². The first kappa shape index (κ1) is 28.7. The number of nitrogens with one attached hydrogen (secondary N) is 1. The van der Waals surface area contributed by atoms with Crippen LogP contribution in [0.2, 0.25) is 0 Å². The van der Waals surface area contributed by atoms with Gasteiger partial charge in [-0.3, -0.25) is 14.6 Å². The van der Waals surface area contributed by atoms with Crippen LogP contribution in [0.15, 0.2) is 59.6 Å². The maximum absolute atomic E-state index is 12.8. The van der Waals surface area contributed by atoms with E-state index >= 15 is 0 Å². The molecule has 4 N–H and O–H groups in total. The summed E-state index contributed by atoms with van der Waals surface area (Å²) in [6.07, 6.45) is 2.27. The number of hydrogen-bond acceptors (Lipinski definition) is 5. The molecule has 3 atom stereocenters. The van der Waals surface area contributed by atoms with E-state index < -0.39 is 24.2 Å². The van der Waals surface area contributed by atoms with Gasteiger partial charge in [0.2, 0.25) is 5.91 Å². The van der Waals surface area contributed by atoms with Crippen LogP contribution in [0.3, 0.4) is 0 Å². The van der Waals surface area contributed by atoms with Crippen LogP contribution in [0.5, 0.6) is 0 Å². The molecule has 1 aliphatic heterocycles. The van der Waals surface area contributed by atoms with Crippen molar-refractivity contribution in [1.82, 2.24) is 10.2 Å². The predicted molar refractivity (Wildman–Crippen MR) is 146 cm³/mol. The second kappa shape index (κ2) is 14.2. The number of cyclic esters (lactones) is 1. The zero-order valence-corrected chi connectivity index (χ0v) is 22.1. The highest BCUT2D eigenvalue weighted by atomic mass is 16.6. The van der Waals surface area contributed by atoms with Crippen molar-refractivity contribution in [2.75, 3.05) is 13.6 Å². The quantitative estimate of drug-likeness (QED) is 0.206. The van der Waals surface area contributed by atoms with Crippen molar-refractivity contribution in [3.8, 4) is 0 Å². The number of carbonyl (C=O) groups is 3. The van der Waals surface area contributed by atoms with Gasteiger partial charge in [0.15, 0.2) is 0 Å². The number of nitrogens with two attached hydrogens (primary N) is 1. The van der Waals surface area contributed by atoms with E-state index in [4.69, 9.17) is 10.5 Å². The highest BCUT2D eigenvalue weighted by molar-refractivity contribution is 5.97. The number of aliphatic imine (C=N–C) groups is 1. The van der Waals surface area contributed by atoms with E-state index in [9.17, 15) is 19.5 Å². The monoisotopic (exact) mass is 522 g/mol. The molecule has 0 aromatic heterocycles. The highest BCUT2D eigenvalue weighted by Crippen LogP contribution is 2.32. The van der Waals surface area contributed by atoms with Crippen LogP contribution in [0.25, 0.3) is 0 Å². The molecular weight excluding hydrogens is 484 g/mol. The number of benzene rings is 2. The maximum Gasteiger partial charge on any atom is 0.410 e. The van der Waals surface area contributed by atoms with Gasteiger partial charge in [-0.1, -0.05) is 67.9 Å². The lowest BCUT2D eigenvalue weighted by atomic mass is 9.95. The largest absolute Gasteiger partial charge is 0.481 e. The Bertz CT molecular complexity index is 1100. The summed E-state index contributed by atoms with van der Waals surface area (Å²) >= 11 is 0. The molecule has 1 fully saturated rings. The number of aliphatic carboxylic acids is 1. The number of rotatable bonds is 13. The Balaban J connectivity index is 1.61. The number of amidine groups is 1. The SMILES string of the molecule is CCCCN=C(N)c1ccc([C@@H]2C[C@H](CC(=O)N[C@H](CCc3ccccc3)CC(=O)O)OC(=O)N2C)cc1. The summed E-state index contributed by atoms with van der Waals surface area (Å²) < 4.78 is 5.50. The molecule has 1 heterocycles. The van der Waals surface area contributed by atoms with Crippen molar-refractivity contribution in [1.29, 1.82) is 0 Å². The highest BCUT2D eigenvalue weighted by Gasteiger charge is 2.35. The third-order valence-corrected chi connectivity index (χ3v) is 6.72.